The number of para-hydroxylation sites is 1. The highest BCUT2D eigenvalue weighted by atomic mass is 16.5. The van der Waals surface area contributed by atoms with Crippen molar-refractivity contribution in [1.82, 2.24) is 0 Å². The van der Waals surface area contributed by atoms with E-state index in [0.29, 0.717) is 0 Å². The van der Waals surface area contributed by atoms with Crippen molar-refractivity contribution in [1.29, 1.82) is 0 Å². The average molecular weight is 273 g/mol. The minimum Gasteiger partial charge on any atom is -0.457 e. The lowest BCUT2D eigenvalue weighted by Gasteiger charge is -2.11. The van der Waals surface area contributed by atoms with E-state index in [1.165, 1.54) is 16.7 Å². The van der Waals surface area contributed by atoms with E-state index < -0.39 is 0 Å². The molecule has 0 amide bonds. The van der Waals surface area contributed by atoms with Crippen LogP contribution < -0.4 is 4.74 Å². The molecule has 0 heterocycles. The van der Waals surface area contributed by atoms with Gasteiger partial charge in [-0.05, 0) is 66.4 Å². The molecule has 103 valence electrons. The molecular formula is C20H17O. The van der Waals surface area contributed by atoms with E-state index >= 15 is 0 Å². The van der Waals surface area contributed by atoms with Gasteiger partial charge in [0, 0.05) is 0 Å². The standard InChI is InChI=1S/C20H17O/c1-15-8-6-13-20(16(15)2)17-9-7-12-19(14-17)21-18-10-4-3-5-11-18/h3-8,10-14H,1-2H3. The first-order valence-corrected chi connectivity index (χ1v) is 7.05. The highest BCUT2D eigenvalue weighted by Crippen LogP contribution is 2.29. The molecular weight excluding hydrogens is 256 g/mol. The van der Waals surface area contributed by atoms with E-state index in [0.717, 1.165) is 17.1 Å². The van der Waals surface area contributed by atoms with Crippen LogP contribution in [0.5, 0.6) is 11.5 Å². The molecule has 0 aromatic heterocycles. The lowest BCUT2D eigenvalue weighted by molar-refractivity contribution is 0.483. The SMILES string of the molecule is Cc1cccc(-c2[c]ccc(Oc3ccccc3)c2)c1C. The second-order valence-corrected chi connectivity index (χ2v) is 5.10. The zero-order valence-electron chi connectivity index (χ0n) is 12.3. The van der Waals surface area contributed by atoms with Crippen LogP contribution in [-0.4, -0.2) is 0 Å². The summed E-state index contributed by atoms with van der Waals surface area (Å²) in [6.07, 6.45) is 0. The molecule has 0 unspecified atom stereocenters. The van der Waals surface area contributed by atoms with Gasteiger partial charge in [-0.3, -0.25) is 0 Å². The summed E-state index contributed by atoms with van der Waals surface area (Å²) in [6.45, 7) is 4.27. The van der Waals surface area contributed by atoms with Gasteiger partial charge in [0.2, 0.25) is 0 Å². The van der Waals surface area contributed by atoms with Gasteiger partial charge in [0.15, 0.2) is 0 Å². The maximum atomic E-state index is 5.89. The maximum Gasteiger partial charge on any atom is 0.128 e. The van der Waals surface area contributed by atoms with Crippen LogP contribution in [0.2, 0.25) is 0 Å². The second-order valence-electron chi connectivity index (χ2n) is 5.10. The van der Waals surface area contributed by atoms with Crippen LogP contribution in [0.15, 0.2) is 66.7 Å². The van der Waals surface area contributed by atoms with Crippen LogP contribution in [0.3, 0.4) is 0 Å². The van der Waals surface area contributed by atoms with Crippen LogP contribution in [-0.2, 0) is 0 Å². The van der Waals surface area contributed by atoms with Crippen molar-refractivity contribution in [2.24, 2.45) is 0 Å². The molecule has 0 aliphatic carbocycles. The molecule has 3 aromatic carbocycles. The predicted molar refractivity (Wildman–Crippen MR) is 86.7 cm³/mol. The van der Waals surface area contributed by atoms with E-state index in [2.05, 4.69) is 38.1 Å². The van der Waals surface area contributed by atoms with Crippen molar-refractivity contribution in [3.8, 4) is 22.6 Å². The third kappa shape index (κ3) is 2.97. The van der Waals surface area contributed by atoms with E-state index in [1.54, 1.807) is 0 Å². The number of aryl methyl sites for hydroxylation is 1. The first-order valence-electron chi connectivity index (χ1n) is 7.05. The monoisotopic (exact) mass is 273 g/mol. The number of hydrogen-bond donors (Lipinski definition) is 0. The van der Waals surface area contributed by atoms with E-state index in [4.69, 9.17) is 4.74 Å². The van der Waals surface area contributed by atoms with Crippen molar-refractivity contribution in [2.45, 2.75) is 13.8 Å². The van der Waals surface area contributed by atoms with E-state index in [9.17, 15) is 0 Å². The fraction of sp³-hybridized carbons (Fsp3) is 0.100. The quantitative estimate of drug-likeness (QED) is 0.606. The average Bonchev–Trinajstić information content (AvgIpc) is 2.51. The molecule has 3 aromatic rings. The Morgan fingerprint density at radius 1 is 0.810 bits per heavy atom. The van der Waals surface area contributed by atoms with E-state index in [1.807, 2.05) is 48.5 Å². The molecule has 0 aliphatic rings. The van der Waals surface area contributed by atoms with Gasteiger partial charge >= 0.3 is 0 Å². The second kappa shape index (κ2) is 5.84. The Labute approximate surface area is 125 Å². The topological polar surface area (TPSA) is 9.23 Å². The highest BCUT2D eigenvalue weighted by Gasteiger charge is 2.05. The Kier molecular flexibility index (Phi) is 3.74. The molecule has 3 rings (SSSR count). The van der Waals surface area contributed by atoms with Crippen LogP contribution in [0.25, 0.3) is 11.1 Å². The van der Waals surface area contributed by atoms with Gasteiger partial charge in [-0.15, -0.1) is 0 Å². The van der Waals surface area contributed by atoms with Crippen LogP contribution >= 0.6 is 0 Å². The minimum atomic E-state index is 0.829. The summed E-state index contributed by atoms with van der Waals surface area (Å²) in [6, 6.07) is 25.3. The van der Waals surface area contributed by atoms with Gasteiger partial charge in [-0.2, -0.15) is 0 Å². The highest BCUT2D eigenvalue weighted by molar-refractivity contribution is 5.69. The zero-order valence-corrected chi connectivity index (χ0v) is 12.3. The molecule has 0 atom stereocenters. The molecule has 0 fully saturated rings. The summed E-state index contributed by atoms with van der Waals surface area (Å²) >= 11 is 0. The van der Waals surface area contributed by atoms with Gasteiger partial charge in [-0.25, -0.2) is 0 Å². The number of hydrogen-bond acceptors (Lipinski definition) is 1. The molecule has 0 saturated heterocycles. The maximum absolute atomic E-state index is 5.89. The summed E-state index contributed by atoms with van der Waals surface area (Å²) in [7, 11) is 0. The first-order chi connectivity index (χ1) is 10.2. The van der Waals surface area contributed by atoms with Crippen molar-refractivity contribution in [3.05, 3.63) is 83.9 Å². The Balaban J connectivity index is 1.95. The molecule has 1 nitrogen and oxygen atoms in total. The fourth-order valence-corrected chi connectivity index (χ4v) is 2.33. The third-order valence-electron chi connectivity index (χ3n) is 3.65. The summed E-state index contributed by atoms with van der Waals surface area (Å²) in [5, 5.41) is 0. The third-order valence-corrected chi connectivity index (χ3v) is 3.65. The molecule has 0 bridgehead atoms. The van der Waals surface area contributed by atoms with Crippen molar-refractivity contribution >= 4 is 0 Å². The van der Waals surface area contributed by atoms with Crippen LogP contribution in [0, 0.1) is 19.9 Å². The van der Waals surface area contributed by atoms with Crippen LogP contribution in [0.1, 0.15) is 11.1 Å². The van der Waals surface area contributed by atoms with E-state index in [-0.39, 0.29) is 0 Å². The Hall–Kier alpha value is -2.54. The van der Waals surface area contributed by atoms with Gasteiger partial charge in [0.05, 0.1) is 0 Å². The minimum absolute atomic E-state index is 0.829. The number of rotatable bonds is 3. The first kappa shape index (κ1) is 13.4. The lowest BCUT2D eigenvalue weighted by atomic mass is 9.97. The molecule has 0 N–H and O–H groups in total. The normalized spacial score (nSPS) is 10.4. The van der Waals surface area contributed by atoms with Gasteiger partial charge < -0.3 is 4.74 Å². The molecule has 1 heteroatoms. The lowest BCUT2D eigenvalue weighted by Crippen LogP contribution is -1.89. The molecule has 1 radical (unpaired) electrons. The van der Waals surface area contributed by atoms with Crippen molar-refractivity contribution in [3.63, 3.8) is 0 Å². The fourth-order valence-electron chi connectivity index (χ4n) is 2.33. The number of benzene rings is 3. The number of ether oxygens (including phenoxy) is 1. The molecule has 0 saturated carbocycles. The largest absolute Gasteiger partial charge is 0.457 e. The van der Waals surface area contributed by atoms with Gasteiger partial charge in [-0.1, -0.05) is 42.5 Å². The zero-order chi connectivity index (χ0) is 14.7. The predicted octanol–water partition coefficient (Wildman–Crippen LogP) is 5.56. The molecule has 21 heavy (non-hydrogen) atoms. The Morgan fingerprint density at radius 3 is 2.43 bits per heavy atom. The summed E-state index contributed by atoms with van der Waals surface area (Å²) in [4.78, 5) is 0. The van der Waals surface area contributed by atoms with Crippen molar-refractivity contribution < 1.29 is 4.74 Å². The summed E-state index contributed by atoms with van der Waals surface area (Å²) < 4.78 is 5.89. The van der Waals surface area contributed by atoms with Gasteiger partial charge in [0.1, 0.15) is 11.5 Å². The van der Waals surface area contributed by atoms with Gasteiger partial charge in [0.25, 0.3) is 0 Å². The molecule has 0 aliphatic heterocycles. The summed E-state index contributed by atoms with van der Waals surface area (Å²) in [5.74, 6) is 1.67. The Morgan fingerprint density at radius 2 is 1.62 bits per heavy atom. The Bertz CT molecular complexity index is 745. The van der Waals surface area contributed by atoms with Crippen LogP contribution in [0.4, 0.5) is 0 Å². The smallest absolute Gasteiger partial charge is 0.128 e. The summed E-state index contributed by atoms with van der Waals surface area (Å²) in [5.41, 5.74) is 4.83. The molecule has 0 spiro atoms. The van der Waals surface area contributed by atoms with Crippen molar-refractivity contribution in [2.75, 3.05) is 0 Å².